The molecule has 0 amide bonds. The number of rotatable bonds is 5. The van der Waals surface area contributed by atoms with Crippen LogP contribution in [0.15, 0.2) is 34.6 Å². The van der Waals surface area contributed by atoms with Crippen molar-refractivity contribution < 1.29 is 17.6 Å². The molecule has 4 nitrogen and oxygen atoms in total. The molecule has 0 radical (unpaired) electrons. The van der Waals surface area contributed by atoms with Crippen molar-refractivity contribution in [2.45, 2.75) is 19.1 Å². The first-order valence-corrected chi connectivity index (χ1v) is 7.97. The fraction of sp³-hybridized carbons (Fsp3) is 0.333. The highest BCUT2D eigenvalue weighted by atomic mass is 32.1. The lowest BCUT2D eigenvalue weighted by atomic mass is 10.1. The van der Waals surface area contributed by atoms with E-state index in [1.807, 2.05) is 6.07 Å². The number of benzene rings is 1. The minimum Gasteiger partial charge on any atom is -0.356 e. The van der Waals surface area contributed by atoms with E-state index in [1.54, 1.807) is 13.1 Å². The van der Waals surface area contributed by atoms with Crippen LogP contribution in [0.5, 0.6) is 0 Å². The first-order valence-electron chi connectivity index (χ1n) is 7.09. The molecule has 2 N–H and O–H groups in total. The topological polar surface area (TPSA) is 49.3 Å². The van der Waals surface area contributed by atoms with Crippen LogP contribution < -0.4 is 10.6 Å². The van der Waals surface area contributed by atoms with Crippen molar-refractivity contribution in [2.75, 3.05) is 13.6 Å². The molecule has 0 fully saturated rings. The third-order valence-electron chi connectivity index (χ3n) is 3.07. The number of aromatic nitrogens is 1. The van der Waals surface area contributed by atoms with E-state index in [0.29, 0.717) is 23.9 Å². The van der Waals surface area contributed by atoms with Crippen LogP contribution in [0.3, 0.4) is 0 Å². The molecule has 0 spiro atoms. The highest BCUT2D eigenvalue weighted by Crippen LogP contribution is 2.29. The number of aliphatic imine (C=N–C) groups is 1. The van der Waals surface area contributed by atoms with Crippen LogP contribution in [0.2, 0.25) is 0 Å². The summed E-state index contributed by atoms with van der Waals surface area (Å²) in [6.07, 6.45) is -3.84. The van der Waals surface area contributed by atoms with E-state index in [-0.39, 0.29) is 12.4 Å². The molecule has 2 aromatic rings. The largest absolute Gasteiger partial charge is 0.434 e. The zero-order valence-corrected chi connectivity index (χ0v) is 13.6. The molecule has 0 aliphatic carbocycles. The normalized spacial score (nSPS) is 12.3. The standard InChI is InChI=1S/C15H16F4N4S/c1-20-14(21-6-5-10-3-2-4-11(16)7-10)22-8-13-23-12(9-24-13)15(17,18)19/h2-4,7,9H,5-6,8H2,1H3,(H2,20,21,22). The van der Waals surface area contributed by atoms with E-state index in [4.69, 9.17) is 0 Å². The molecule has 1 heterocycles. The summed E-state index contributed by atoms with van der Waals surface area (Å²) in [5.74, 6) is 0.148. The molecule has 0 unspecified atom stereocenters. The number of nitrogens with one attached hydrogen (secondary N) is 2. The molecule has 0 saturated carbocycles. The zero-order valence-electron chi connectivity index (χ0n) is 12.8. The quantitative estimate of drug-likeness (QED) is 0.489. The molecule has 0 aliphatic heterocycles. The highest BCUT2D eigenvalue weighted by molar-refractivity contribution is 7.09. The Morgan fingerprint density at radius 2 is 2.08 bits per heavy atom. The van der Waals surface area contributed by atoms with Crippen LogP contribution in [-0.2, 0) is 19.1 Å². The summed E-state index contributed by atoms with van der Waals surface area (Å²) < 4.78 is 50.5. The zero-order chi connectivity index (χ0) is 17.6. The summed E-state index contributed by atoms with van der Waals surface area (Å²) in [5, 5.41) is 7.21. The van der Waals surface area contributed by atoms with Gasteiger partial charge in [-0.05, 0) is 24.1 Å². The number of alkyl halides is 3. The number of guanidine groups is 1. The fourth-order valence-electron chi connectivity index (χ4n) is 1.92. The smallest absolute Gasteiger partial charge is 0.356 e. The number of thiazole rings is 1. The molecule has 1 aromatic carbocycles. The molecule has 0 aliphatic rings. The maximum absolute atomic E-state index is 13.1. The van der Waals surface area contributed by atoms with Gasteiger partial charge in [-0.3, -0.25) is 4.99 Å². The van der Waals surface area contributed by atoms with Gasteiger partial charge < -0.3 is 10.6 Å². The molecule has 1 aromatic heterocycles. The average molecular weight is 360 g/mol. The van der Waals surface area contributed by atoms with Gasteiger partial charge in [-0.15, -0.1) is 11.3 Å². The van der Waals surface area contributed by atoms with Crippen LogP contribution in [0.25, 0.3) is 0 Å². The number of nitrogens with zero attached hydrogens (tertiary/aromatic N) is 2. The van der Waals surface area contributed by atoms with E-state index in [2.05, 4.69) is 20.6 Å². The molecule has 0 atom stereocenters. The molecule has 2 rings (SSSR count). The Morgan fingerprint density at radius 1 is 1.29 bits per heavy atom. The minimum absolute atomic E-state index is 0.139. The Balaban J connectivity index is 1.79. The van der Waals surface area contributed by atoms with Crippen LogP contribution >= 0.6 is 11.3 Å². The lowest BCUT2D eigenvalue weighted by Gasteiger charge is -2.11. The molecule has 24 heavy (non-hydrogen) atoms. The van der Waals surface area contributed by atoms with E-state index in [0.717, 1.165) is 22.3 Å². The lowest BCUT2D eigenvalue weighted by Crippen LogP contribution is -2.37. The van der Waals surface area contributed by atoms with Crippen LogP contribution in [0, 0.1) is 5.82 Å². The number of hydrogen-bond donors (Lipinski definition) is 2. The SMILES string of the molecule is CN=C(NCCc1cccc(F)c1)NCc1nc(C(F)(F)F)cs1. The summed E-state index contributed by atoms with van der Waals surface area (Å²) in [4.78, 5) is 7.51. The van der Waals surface area contributed by atoms with E-state index < -0.39 is 11.9 Å². The highest BCUT2D eigenvalue weighted by Gasteiger charge is 2.33. The second kappa shape index (κ2) is 8.09. The summed E-state index contributed by atoms with van der Waals surface area (Å²) in [6, 6.07) is 6.28. The molecular weight excluding hydrogens is 344 g/mol. The van der Waals surface area contributed by atoms with Gasteiger partial charge in [0.25, 0.3) is 0 Å². The molecular formula is C15H16F4N4S. The van der Waals surface area contributed by atoms with Gasteiger partial charge in [-0.25, -0.2) is 9.37 Å². The van der Waals surface area contributed by atoms with Gasteiger partial charge in [0.15, 0.2) is 11.7 Å². The number of halogens is 4. The van der Waals surface area contributed by atoms with Crippen LogP contribution in [0.1, 0.15) is 16.3 Å². The van der Waals surface area contributed by atoms with E-state index in [9.17, 15) is 17.6 Å². The summed E-state index contributed by atoms with van der Waals surface area (Å²) in [6.45, 7) is 0.648. The fourth-order valence-corrected chi connectivity index (χ4v) is 2.66. The lowest BCUT2D eigenvalue weighted by molar-refractivity contribution is -0.140. The van der Waals surface area contributed by atoms with Crippen molar-refractivity contribution in [3.8, 4) is 0 Å². The monoisotopic (exact) mass is 360 g/mol. The van der Waals surface area contributed by atoms with Crippen molar-refractivity contribution in [3.63, 3.8) is 0 Å². The second-order valence-electron chi connectivity index (χ2n) is 4.86. The first kappa shape index (κ1) is 18.2. The maximum atomic E-state index is 13.1. The van der Waals surface area contributed by atoms with E-state index in [1.165, 1.54) is 12.1 Å². The Bertz CT molecular complexity index is 697. The van der Waals surface area contributed by atoms with Gasteiger partial charge in [0.1, 0.15) is 10.8 Å². The van der Waals surface area contributed by atoms with Crippen LogP contribution in [0.4, 0.5) is 17.6 Å². The van der Waals surface area contributed by atoms with Gasteiger partial charge in [0, 0.05) is 19.0 Å². The van der Waals surface area contributed by atoms with Crippen molar-refractivity contribution in [3.05, 3.63) is 51.7 Å². The molecule has 130 valence electrons. The van der Waals surface area contributed by atoms with Crippen LogP contribution in [-0.4, -0.2) is 24.5 Å². The van der Waals surface area contributed by atoms with Gasteiger partial charge in [-0.2, -0.15) is 13.2 Å². The van der Waals surface area contributed by atoms with Crippen molar-refractivity contribution in [1.29, 1.82) is 0 Å². The molecule has 0 saturated heterocycles. The summed E-state index contributed by atoms with van der Waals surface area (Å²) in [5.41, 5.74) is -0.0500. The Hall–Kier alpha value is -2.16. The first-order chi connectivity index (χ1) is 11.4. The summed E-state index contributed by atoms with van der Waals surface area (Å²) >= 11 is 0.933. The second-order valence-corrected chi connectivity index (χ2v) is 5.80. The summed E-state index contributed by atoms with van der Waals surface area (Å²) in [7, 11) is 1.56. The van der Waals surface area contributed by atoms with Gasteiger partial charge in [0.05, 0.1) is 6.54 Å². The third kappa shape index (κ3) is 5.48. The molecule has 0 bridgehead atoms. The van der Waals surface area contributed by atoms with Crippen molar-refractivity contribution in [2.24, 2.45) is 4.99 Å². The maximum Gasteiger partial charge on any atom is 0.434 e. The number of hydrogen-bond acceptors (Lipinski definition) is 3. The van der Waals surface area contributed by atoms with Gasteiger partial charge in [0.2, 0.25) is 0 Å². The predicted molar refractivity (Wildman–Crippen MR) is 85.4 cm³/mol. The Morgan fingerprint density at radius 3 is 2.71 bits per heavy atom. The molecule has 9 heteroatoms. The van der Waals surface area contributed by atoms with Gasteiger partial charge >= 0.3 is 6.18 Å². The van der Waals surface area contributed by atoms with Crippen molar-refractivity contribution in [1.82, 2.24) is 15.6 Å². The average Bonchev–Trinajstić information content (AvgIpc) is 3.00. The predicted octanol–water partition coefficient (Wildman–Crippen LogP) is 3.21. The van der Waals surface area contributed by atoms with Crippen molar-refractivity contribution >= 4 is 17.3 Å². The Kier molecular flexibility index (Phi) is 6.13. The van der Waals surface area contributed by atoms with Gasteiger partial charge in [-0.1, -0.05) is 12.1 Å². The van der Waals surface area contributed by atoms with E-state index >= 15 is 0 Å². The third-order valence-corrected chi connectivity index (χ3v) is 3.92. The Labute approximate surface area is 140 Å². The minimum atomic E-state index is -4.43.